The minimum Gasteiger partial charge on any atom is -0.444 e. The standard InChI is InChI=1S/C14H26N2O3/c1-6-8-11-12(17)15(7-2)9-10-16(11)13(18)19-14(3,4)5/h11H,6-10H2,1-5H3. The van der Waals surface area contributed by atoms with Crippen LogP contribution in [0.5, 0.6) is 0 Å². The van der Waals surface area contributed by atoms with Crippen molar-refractivity contribution >= 4 is 12.0 Å². The molecule has 1 fully saturated rings. The topological polar surface area (TPSA) is 49.9 Å². The third-order valence-corrected chi connectivity index (χ3v) is 3.16. The third kappa shape index (κ3) is 4.11. The molecule has 5 heteroatoms. The smallest absolute Gasteiger partial charge is 0.411 e. The van der Waals surface area contributed by atoms with Gasteiger partial charge in [-0.15, -0.1) is 0 Å². The summed E-state index contributed by atoms with van der Waals surface area (Å²) in [4.78, 5) is 27.9. The van der Waals surface area contributed by atoms with Gasteiger partial charge in [-0.05, 0) is 34.1 Å². The van der Waals surface area contributed by atoms with E-state index in [1.807, 2.05) is 34.6 Å². The van der Waals surface area contributed by atoms with Gasteiger partial charge < -0.3 is 9.64 Å². The van der Waals surface area contributed by atoms with Crippen LogP contribution in [-0.2, 0) is 9.53 Å². The van der Waals surface area contributed by atoms with Crippen LogP contribution >= 0.6 is 0 Å². The predicted octanol–water partition coefficient (Wildman–Crippen LogP) is 2.25. The summed E-state index contributed by atoms with van der Waals surface area (Å²) in [6.45, 7) is 11.3. The van der Waals surface area contributed by atoms with Gasteiger partial charge in [0.25, 0.3) is 0 Å². The molecule has 2 amide bonds. The summed E-state index contributed by atoms with van der Waals surface area (Å²) in [5, 5.41) is 0. The van der Waals surface area contributed by atoms with Crippen LogP contribution < -0.4 is 0 Å². The maximum Gasteiger partial charge on any atom is 0.411 e. The first kappa shape index (κ1) is 15.8. The highest BCUT2D eigenvalue weighted by Gasteiger charge is 2.37. The van der Waals surface area contributed by atoms with E-state index < -0.39 is 5.60 Å². The molecule has 0 spiro atoms. The summed E-state index contributed by atoms with van der Waals surface area (Å²) in [6.07, 6.45) is 1.18. The second kappa shape index (κ2) is 6.26. The number of piperazine rings is 1. The maximum atomic E-state index is 12.3. The second-order valence-corrected chi connectivity index (χ2v) is 5.90. The highest BCUT2D eigenvalue weighted by atomic mass is 16.6. The Balaban J connectivity index is 2.81. The van der Waals surface area contributed by atoms with E-state index in [0.717, 1.165) is 6.42 Å². The summed E-state index contributed by atoms with van der Waals surface area (Å²) in [7, 11) is 0. The average molecular weight is 270 g/mol. The van der Waals surface area contributed by atoms with Crippen LogP contribution in [0.25, 0.3) is 0 Å². The molecular formula is C14H26N2O3. The fraction of sp³-hybridized carbons (Fsp3) is 0.857. The van der Waals surface area contributed by atoms with Crippen LogP contribution in [0.15, 0.2) is 0 Å². The summed E-state index contributed by atoms with van der Waals surface area (Å²) in [5.41, 5.74) is -0.529. The molecule has 110 valence electrons. The SMILES string of the molecule is CCCC1C(=O)N(CC)CCN1C(=O)OC(C)(C)C. The van der Waals surface area contributed by atoms with Crippen molar-refractivity contribution in [3.63, 3.8) is 0 Å². The van der Waals surface area contributed by atoms with Crippen molar-refractivity contribution < 1.29 is 14.3 Å². The Labute approximate surface area is 115 Å². The number of rotatable bonds is 3. The van der Waals surface area contributed by atoms with E-state index in [4.69, 9.17) is 4.74 Å². The Morgan fingerprint density at radius 2 is 1.95 bits per heavy atom. The Hall–Kier alpha value is -1.26. The van der Waals surface area contributed by atoms with Gasteiger partial charge in [0, 0.05) is 19.6 Å². The quantitative estimate of drug-likeness (QED) is 0.790. The van der Waals surface area contributed by atoms with Gasteiger partial charge in [0.1, 0.15) is 11.6 Å². The molecule has 1 aliphatic rings. The summed E-state index contributed by atoms with van der Waals surface area (Å²) >= 11 is 0. The van der Waals surface area contributed by atoms with E-state index in [1.165, 1.54) is 0 Å². The molecule has 0 saturated carbocycles. The average Bonchev–Trinajstić information content (AvgIpc) is 2.29. The minimum absolute atomic E-state index is 0.0430. The van der Waals surface area contributed by atoms with Crippen molar-refractivity contribution in [2.24, 2.45) is 0 Å². The molecule has 0 aromatic rings. The Morgan fingerprint density at radius 1 is 1.32 bits per heavy atom. The predicted molar refractivity (Wildman–Crippen MR) is 73.9 cm³/mol. The fourth-order valence-electron chi connectivity index (χ4n) is 2.24. The number of carbonyl (C=O) groups is 2. The van der Waals surface area contributed by atoms with Crippen molar-refractivity contribution in [2.45, 2.75) is 59.1 Å². The lowest BCUT2D eigenvalue weighted by atomic mass is 10.1. The molecule has 5 nitrogen and oxygen atoms in total. The first-order chi connectivity index (χ1) is 8.80. The molecule has 0 aliphatic carbocycles. The number of likely N-dealkylation sites (N-methyl/N-ethyl adjacent to an activating group) is 1. The third-order valence-electron chi connectivity index (χ3n) is 3.16. The van der Waals surface area contributed by atoms with Crippen LogP contribution in [0.3, 0.4) is 0 Å². The van der Waals surface area contributed by atoms with Gasteiger partial charge in [-0.25, -0.2) is 4.79 Å². The molecule has 0 bridgehead atoms. The normalized spacial score (nSPS) is 20.7. The van der Waals surface area contributed by atoms with Crippen LogP contribution in [0.4, 0.5) is 4.79 Å². The van der Waals surface area contributed by atoms with Crippen molar-refractivity contribution in [1.82, 2.24) is 9.80 Å². The molecule has 1 saturated heterocycles. The molecule has 0 radical (unpaired) electrons. The van der Waals surface area contributed by atoms with Gasteiger partial charge in [-0.2, -0.15) is 0 Å². The molecule has 1 unspecified atom stereocenters. The van der Waals surface area contributed by atoms with E-state index in [2.05, 4.69) is 0 Å². The van der Waals surface area contributed by atoms with Gasteiger partial charge >= 0.3 is 6.09 Å². The Kier molecular flexibility index (Phi) is 5.20. The largest absolute Gasteiger partial charge is 0.444 e. The van der Waals surface area contributed by atoms with Gasteiger partial charge in [0.05, 0.1) is 0 Å². The second-order valence-electron chi connectivity index (χ2n) is 5.90. The van der Waals surface area contributed by atoms with Crippen molar-refractivity contribution in [1.29, 1.82) is 0 Å². The molecular weight excluding hydrogens is 244 g/mol. The van der Waals surface area contributed by atoms with Crippen LogP contribution in [0, 0.1) is 0 Å². The Bertz CT molecular complexity index is 336. The molecule has 0 aromatic carbocycles. The Morgan fingerprint density at radius 3 is 2.42 bits per heavy atom. The number of hydrogen-bond acceptors (Lipinski definition) is 3. The van der Waals surface area contributed by atoms with Gasteiger partial charge in [-0.3, -0.25) is 9.69 Å². The van der Waals surface area contributed by atoms with Crippen molar-refractivity contribution in [3.05, 3.63) is 0 Å². The van der Waals surface area contributed by atoms with E-state index in [0.29, 0.717) is 26.1 Å². The molecule has 0 N–H and O–H groups in total. The molecule has 1 heterocycles. The van der Waals surface area contributed by atoms with E-state index >= 15 is 0 Å². The zero-order valence-corrected chi connectivity index (χ0v) is 12.7. The highest BCUT2D eigenvalue weighted by Crippen LogP contribution is 2.19. The first-order valence-corrected chi connectivity index (χ1v) is 7.08. The monoisotopic (exact) mass is 270 g/mol. The van der Waals surface area contributed by atoms with Crippen LogP contribution in [0.1, 0.15) is 47.5 Å². The number of ether oxygens (including phenoxy) is 1. The molecule has 1 aliphatic heterocycles. The zero-order valence-electron chi connectivity index (χ0n) is 12.7. The van der Waals surface area contributed by atoms with Crippen molar-refractivity contribution in [2.75, 3.05) is 19.6 Å². The molecule has 19 heavy (non-hydrogen) atoms. The number of amides is 2. The zero-order chi connectivity index (χ0) is 14.6. The van der Waals surface area contributed by atoms with Gasteiger partial charge in [0.2, 0.25) is 5.91 Å². The van der Waals surface area contributed by atoms with Crippen molar-refractivity contribution in [3.8, 4) is 0 Å². The summed E-state index contributed by atoms with van der Waals surface area (Å²) in [5.74, 6) is 0.0430. The van der Waals surface area contributed by atoms with E-state index in [9.17, 15) is 9.59 Å². The molecule has 1 atom stereocenters. The minimum atomic E-state index is -0.529. The lowest BCUT2D eigenvalue weighted by Gasteiger charge is -2.40. The van der Waals surface area contributed by atoms with E-state index in [-0.39, 0.29) is 18.0 Å². The van der Waals surface area contributed by atoms with Crippen LogP contribution in [-0.4, -0.2) is 53.1 Å². The molecule has 1 rings (SSSR count). The summed E-state index contributed by atoms with van der Waals surface area (Å²) in [6, 6.07) is -0.367. The number of carbonyl (C=O) groups excluding carboxylic acids is 2. The van der Waals surface area contributed by atoms with Crippen LogP contribution in [0.2, 0.25) is 0 Å². The lowest BCUT2D eigenvalue weighted by molar-refractivity contribution is -0.141. The number of nitrogens with zero attached hydrogens (tertiary/aromatic N) is 2. The maximum absolute atomic E-state index is 12.3. The number of hydrogen-bond donors (Lipinski definition) is 0. The first-order valence-electron chi connectivity index (χ1n) is 7.08. The highest BCUT2D eigenvalue weighted by molar-refractivity contribution is 5.87. The molecule has 0 aromatic heterocycles. The lowest BCUT2D eigenvalue weighted by Crippen LogP contribution is -2.59. The van der Waals surface area contributed by atoms with Gasteiger partial charge in [0.15, 0.2) is 0 Å². The van der Waals surface area contributed by atoms with Gasteiger partial charge in [-0.1, -0.05) is 13.3 Å². The van der Waals surface area contributed by atoms with E-state index in [1.54, 1.807) is 9.80 Å². The summed E-state index contributed by atoms with van der Waals surface area (Å²) < 4.78 is 5.39. The fourth-order valence-corrected chi connectivity index (χ4v) is 2.24.